The van der Waals surface area contributed by atoms with Crippen LogP contribution in [0.5, 0.6) is 0 Å². The van der Waals surface area contributed by atoms with Gasteiger partial charge in [0.15, 0.2) is 0 Å². The Morgan fingerprint density at radius 3 is 2.95 bits per heavy atom. The summed E-state index contributed by atoms with van der Waals surface area (Å²) in [6, 6.07) is 1.71. The van der Waals surface area contributed by atoms with Crippen molar-refractivity contribution in [2.75, 3.05) is 18.0 Å². The maximum absolute atomic E-state index is 12.1. The predicted molar refractivity (Wildman–Crippen MR) is 84.6 cm³/mol. The van der Waals surface area contributed by atoms with Crippen molar-refractivity contribution in [2.45, 2.75) is 58.6 Å². The lowest BCUT2D eigenvalue weighted by Crippen LogP contribution is -2.35. The van der Waals surface area contributed by atoms with E-state index in [9.17, 15) is 9.90 Å². The number of aliphatic hydroxyl groups excluding tert-OH is 1. The average Bonchev–Trinajstić information content (AvgIpc) is 2.44. The third kappa shape index (κ3) is 4.84. The molecule has 1 saturated heterocycles. The van der Waals surface area contributed by atoms with Crippen LogP contribution in [-0.4, -0.2) is 34.1 Å². The van der Waals surface area contributed by atoms with Crippen LogP contribution in [0.25, 0.3) is 0 Å². The molecule has 2 atom stereocenters. The summed E-state index contributed by atoms with van der Waals surface area (Å²) in [6.07, 6.45) is 6.56. The molecule has 2 unspecified atom stereocenters. The molecule has 0 spiro atoms. The summed E-state index contributed by atoms with van der Waals surface area (Å²) in [5, 5.41) is 13.5. The molecule has 1 aliphatic heterocycles. The van der Waals surface area contributed by atoms with Crippen LogP contribution in [-0.2, 0) is 6.54 Å². The van der Waals surface area contributed by atoms with Crippen LogP contribution in [0.2, 0.25) is 0 Å². The van der Waals surface area contributed by atoms with Gasteiger partial charge in [-0.1, -0.05) is 6.92 Å². The molecule has 1 aliphatic rings. The van der Waals surface area contributed by atoms with Gasteiger partial charge in [-0.05, 0) is 44.9 Å². The molecule has 0 aromatic carbocycles. The first-order valence-electron chi connectivity index (χ1n) is 8.06. The fourth-order valence-corrected chi connectivity index (χ4v) is 2.89. The summed E-state index contributed by atoms with van der Waals surface area (Å²) in [7, 11) is 0. The van der Waals surface area contributed by atoms with Crippen molar-refractivity contribution >= 4 is 5.69 Å². The topological polar surface area (TPSA) is 58.4 Å². The lowest BCUT2D eigenvalue weighted by Gasteiger charge is -2.32. The Hall–Kier alpha value is -1.36. The molecule has 0 aliphatic carbocycles. The standard InChI is InChI=1S/C16H27N3O2/c1-13-6-5-8-18(12-13)15-10-16(21)19(17-11-15)9-4-3-7-14(2)20/h10-11,13-14,20H,3-9,12H2,1-2H3. The maximum atomic E-state index is 12.1. The zero-order valence-corrected chi connectivity index (χ0v) is 13.2. The lowest BCUT2D eigenvalue weighted by atomic mass is 10.00. The van der Waals surface area contributed by atoms with E-state index in [-0.39, 0.29) is 11.7 Å². The highest BCUT2D eigenvalue weighted by Crippen LogP contribution is 2.20. The van der Waals surface area contributed by atoms with Gasteiger partial charge in [-0.15, -0.1) is 0 Å². The molecule has 118 valence electrons. The normalized spacial score (nSPS) is 20.5. The molecule has 2 rings (SSSR count). The quantitative estimate of drug-likeness (QED) is 0.815. The van der Waals surface area contributed by atoms with Crippen molar-refractivity contribution in [3.63, 3.8) is 0 Å². The van der Waals surface area contributed by atoms with Crippen LogP contribution >= 0.6 is 0 Å². The van der Waals surface area contributed by atoms with Gasteiger partial charge in [0.2, 0.25) is 0 Å². The second-order valence-corrected chi connectivity index (χ2v) is 6.31. The monoisotopic (exact) mass is 293 g/mol. The van der Waals surface area contributed by atoms with E-state index in [1.165, 1.54) is 17.5 Å². The summed E-state index contributed by atoms with van der Waals surface area (Å²) in [6.45, 7) is 6.70. The van der Waals surface area contributed by atoms with E-state index in [0.29, 0.717) is 12.5 Å². The third-order valence-electron chi connectivity index (χ3n) is 4.12. The molecule has 5 heteroatoms. The van der Waals surface area contributed by atoms with Crippen LogP contribution < -0.4 is 10.5 Å². The van der Waals surface area contributed by atoms with E-state index in [0.717, 1.165) is 38.0 Å². The molecular formula is C16H27N3O2. The van der Waals surface area contributed by atoms with Gasteiger partial charge in [0.05, 0.1) is 18.0 Å². The number of unbranched alkanes of at least 4 members (excludes halogenated alkanes) is 1. The molecule has 1 N–H and O–H groups in total. The third-order valence-corrected chi connectivity index (χ3v) is 4.12. The summed E-state index contributed by atoms with van der Waals surface area (Å²) in [5.74, 6) is 0.682. The highest BCUT2D eigenvalue weighted by atomic mass is 16.3. The number of aliphatic hydroxyl groups is 1. The zero-order valence-electron chi connectivity index (χ0n) is 13.2. The number of rotatable bonds is 6. The van der Waals surface area contributed by atoms with Crippen molar-refractivity contribution in [3.05, 3.63) is 22.6 Å². The Balaban J connectivity index is 1.92. The Bertz CT molecular complexity index is 499. The highest BCUT2D eigenvalue weighted by molar-refractivity contribution is 5.43. The van der Waals surface area contributed by atoms with Crippen LogP contribution in [0, 0.1) is 5.92 Å². The lowest BCUT2D eigenvalue weighted by molar-refractivity contribution is 0.179. The van der Waals surface area contributed by atoms with E-state index in [1.54, 1.807) is 13.0 Å². The second kappa shape index (κ2) is 7.59. The number of aryl methyl sites for hydroxylation is 1. The second-order valence-electron chi connectivity index (χ2n) is 6.31. The van der Waals surface area contributed by atoms with Crippen LogP contribution in [0.4, 0.5) is 5.69 Å². The van der Waals surface area contributed by atoms with E-state index in [2.05, 4.69) is 16.9 Å². The molecule has 1 aromatic rings. The van der Waals surface area contributed by atoms with Crippen molar-refractivity contribution in [2.24, 2.45) is 5.92 Å². The van der Waals surface area contributed by atoms with Crippen molar-refractivity contribution in [1.29, 1.82) is 0 Å². The Morgan fingerprint density at radius 1 is 1.48 bits per heavy atom. The Morgan fingerprint density at radius 2 is 2.29 bits per heavy atom. The van der Waals surface area contributed by atoms with Gasteiger partial charge in [0, 0.05) is 25.7 Å². The number of hydrogen-bond acceptors (Lipinski definition) is 4. The Labute approximate surface area is 126 Å². The molecule has 2 heterocycles. The largest absolute Gasteiger partial charge is 0.393 e. The molecule has 0 bridgehead atoms. The van der Waals surface area contributed by atoms with Crippen molar-refractivity contribution < 1.29 is 5.11 Å². The molecule has 1 aromatic heterocycles. The summed E-state index contributed by atoms with van der Waals surface area (Å²) >= 11 is 0. The van der Waals surface area contributed by atoms with E-state index < -0.39 is 0 Å². The highest BCUT2D eigenvalue weighted by Gasteiger charge is 2.17. The molecule has 5 nitrogen and oxygen atoms in total. The number of nitrogens with zero attached hydrogens (tertiary/aromatic N) is 3. The number of anilines is 1. The minimum absolute atomic E-state index is 0.0252. The summed E-state index contributed by atoms with van der Waals surface area (Å²) in [4.78, 5) is 14.4. The molecule has 0 saturated carbocycles. The zero-order chi connectivity index (χ0) is 15.2. The minimum Gasteiger partial charge on any atom is -0.393 e. The fourth-order valence-electron chi connectivity index (χ4n) is 2.89. The number of aromatic nitrogens is 2. The first-order chi connectivity index (χ1) is 10.1. The minimum atomic E-state index is -0.266. The van der Waals surface area contributed by atoms with Gasteiger partial charge in [0.25, 0.3) is 5.56 Å². The van der Waals surface area contributed by atoms with Gasteiger partial charge in [-0.3, -0.25) is 4.79 Å². The van der Waals surface area contributed by atoms with Crippen molar-refractivity contribution in [1.82, 2.24) is 9.78 Å². The fraction of sp³-hybridized carbons (Fsp3) is 0.750. The molecular weight excluding hydrogens is 266 g/mol. The first-order valence-corrected chi connectivity index (χ1v) is 8.06. The molecule has 1 fully saturated rings. The average molecular weight is 293 g/mol. The number of piperidine rings is 1. The van der Waals surface area contributed by atoms with Gasteiger partial charge >= 0.3 is 0 Å². The predicted octanol–water partition coefficient (Wildman–Crippen LogP) is 2.03. The smallest absolute Gasteiger partial charge is 0.268 e. The van der Waals surface area contributed by atoms with Gasteiger partial charge in [0.1, 0.15) is 0 Å². The van der Waals surface area contributed by atoms with Crippen LogP contribution in [0.1, 0.15) is 46.0 Å². The molecule has 0 radical (unpaired) electrons. The van der Waals surface area contributed by atoms with Gasteiger partial charge in [-0.25, -0.2) is 4.68 Å². The van der Waals surface area contributed by atoms with E-state index in [4.69, 9.17) is 0 Å². The van der Waals surface area contributed by atoms with Gasteiger partial charge in [-0.2, -0.15) is 5.10 Å². The SMILES string of the molecule is CC(O)CCCCn1ncc(N2CCCC(C)C2)cc1=O. The summed E-state index contributed by atoms with van der Waals surface area (Å²) in [5.41, 5.74) is 0.926. The van der Waals surface area contributed by atoms with E-state index in [1.807, 2.05) is 6.20 Å². The van der Waals surface area contributed by atoms with E-state index >= 15 is 0 Å². The first kappa shape index (κ1) is 16.0. The Kier molecular flexibility index (Phi) is 5.79. The van der Waals surface area contributed by atoms with Crippen molar-refractivity contribution in [3.8, 4) is 0 Å². The number of hydrogen-bond donors (Lipinski definition) is 1. The summed E-state index contributed by atoms with van der Waals surface area (Å²) < 4.78 is 1.53. The van der Waals surface area contributed by atoms with Crippen LogP contribution in [0.15, 0.2) is 17.1 Å². The maximum Gasteiger partial charge on any atom is 0.268 e. The molecule has 21 heavy (non-hydrogen) atoms. The molecule has 0 amide bonds. The van der Waals surface area contributed by atoms with Gasteiger partial charge < -0.3 is 10.0 Å². The van der Waals surface area contributed by atoms with Crippen LogP contribution in [0.3, 0.4) is 0 Å².